The SMILES string of the molecule is CCOCCOCCOCCOc1ccc(CCc2nc3cc(-c4c(C)noc4C)ccc3n2C[C@H](C)N2CCOCC2)cc1Cl. The molecule has 0 saturated carbocycles. The summed E-state index contributed by atoms with van der Waals surface area (Å²) in [5, 5.41) is 4.75. The minimum Gasteiger partial charge on any atom is -0.490 e. The zero-order chi connectivity index (χ0) is 32.3. The van der Waals surface area contributed by atoms with E-state index in [-0.39, 0.29) is 0 Å². The Morgan fingerprint density at radius 2 is 1.65 bits per heavy atom. The van der Waals surface area contributed by atoms with Gasteiger partial charge in [-0.15, -0.1) is 0 Å². The Morgan fingerprint density at radius 1 is 0.913 bits per heavy atom. The summed E-state index contributed by atoms with van der Waals surface area (Å²) in [4.78, 5) is 7.67. The van der Waals surface area contributed by atoms with Gasteiger partial charge in [-0.1, -0.05) is 28.9 Å². The summed E-state index contributed by atoms with van der Waals surface area (Å²) >= 11 is 6.63. The van der Waals surface area contributed by atoms with E-state index in [2.05, 4.69) is 45.8 Å². The van der Waals surface area contributed by atoms with Crippen molar-refractivity contribution in [3.05, 3.63) is 64.3 Å². The van der Waals surface area contributed by atoms with Crippen molar-refractivity contribution in [2.24, 2.45) is 0 Å². The predicted molar refractivity (Wildman–Crippen MR) is 179 cm³/mol. The van der Waals surface area contributed by atoms with Gasteiger partial charge < -0.3 is 32.8 Å². The fourth-order valence-corrected chi connectivity index (χ4v) is 6.15. The normalized spacial score (nSPS) is 14.7. The molecule has 1 atom stereocenters. The molecule has 5 rings (SSSR count). The molecule has 0 radical (unpaired) electrons. The Hall–Kier alpha value is -2.99. The first kappa shape index (κ1) is 34.3. The van der Waals surface area contributed by atoms with Crippen LogP contribution in [0.2, 0.25) is 5.02 Å². The van der Waals surface area contributed by atoms with Crippen LogP contribution in [0.25, 0.3) is 22.2 Å². The minimum absolute atomic E-state index is 0.352. The van der Waals surface area contributed by atoms with Gasteiger partial charge in [0.1, 0.15) is 23.9 Å². The van der Waals surface area contributed by atoms with E-state index in [1.54, 1.807) is 0 Å². The lowest BCUT2D eigenvalue weighted by Gasteiger charge is -2.32. The van der Waals surface area contributed by atoms with Gasteiger partial charge in [-0.05, 0) is 69.5 Å². The molecule has 2 aromatic heterocycles. The molecule has 1 aliphatic heterocycles. The fraction of sp³-hybridized carbons (Fsp3) is 0.543. The maximum Gasteiger partial charge on any atom is 0.141 e. The zero-order valence-electron chi connectivity index (χ0n) is 27.6. The van der Waals surface area contributed by atoms with Gasteiger partial charge in [0.25, 0.3) is 0 Å². The number of nitrogens with zero attached hydrogens (tertiary/aromatic N) is 4. The van der Waals surface area contributed by atoms with Crippen molar-refractivity contribution >= 4 is 22.6 Å². The van der Waals surface area contributed by atoms with E-state index >= 15 is 0 Å². The molecule has 0 unspecified atom stereocenters. The summed E-state index contributed by atoms with van der Waals surface area (Å²) in [6.45, 7) is 16.3. The van der Waals surface area contributed by atoms with Gasteiger partial charge in [0.15, 0.2) is 0 Å². The van der Waals surface area contributed by atoms with Crippen LogP contribution in [0.5, 0.6) is 5.75 Å². The Kier molecular flexibility index (Phi) is 12.9. The lowest BCUT2D eigenvalue weighted by Crippen LogP contribution is -2.44. The molecule has 2 aromatic carbocycles. The first-order valence-electron chi connectivity index (χ1n) is 16.3. The first-order valence-corrected chi connectivity index (χ1v) is 16.7. The number of halogens is 1. The smallest absolute Gasteiger partial charge is 0.141 e. The molecule has 0 N–H and O–H groups in total. The molecule has 4 aromatic rings. The van der Waals surface area contributed by atoms with Gasteiger partial charge in [0, 0.05) is 44.3 Å². The fourth-order valence-electron chi connectivity index (χ4n) is 5.89. The molecular formula is C35H47ClN4O6. The van der Waals surface area contributed by atoms with Crippen molar-refractivity contribution in [3.8, 4) is 16.9 Å². The van der Waals surface area contributed by atoms with E-state index in [1.165, 1.54) is 0 Å². The number of ether oxygens (including phenoxy) is 5. The summed E-state index contributed by atoms with van der Waals surface area (Å²) in [7, 11) is 0. The average Bonchev–Trinajstić information content (AvgIpc) is 3.59. The summed E-state index contributed by atoms with van der Waals surface area (Å²) in [6.07, 6.45) is 1.58. The van der Waals surface area contributed by atoms with Gasteiger partial charge in [0.2, 0.25) is 0 Å². The molecule has 1 fully saturated rings. The van der Waals surface area contributed by atoms with Crippen LogP contribution in [0, 0.1) is 13.8 Å². The number of imidazole rings is 1. The number of aryl methyl sites for hydroxylation is 4. The average molecular weight is 655 g/mol. The number of hydrogen-bond acceptors (Lipinski definition) is 9. The maximum atomic E-state index is 6.63. The number of aromatic nitrogens is 3. The second-order valence-corrected chi connectivity index (χ2v) is 12.0. The lowest BCUT2D eigenvalue weighted by atomic mass is 10.0. The molecule has 250 valence electrons. The van der Waals surface area contributed by atoms with Gasteiger partial charge in [-0.2, -0.15) is 0 Å². The van der Waals surface area contributed by atoms with Gasteiger partial charge >= 0.3 is 0 Å². The molecule has 0 bridgehead atoms. The Labute approximate surface area is 276 Å². The molecule has 10 nitrogen and oxygen atoms in total. The second-order valence-electron chi connectivity index (χ2n) is 11.6. The minimum atomic E-state index is 0.352. The largest absolute Gasteiger partial charge is 0.490 e. The highest BCUT2D eigenvalue weighted by Crippen LogP contribution is 2.31. The number of benzene rings is 2. The Morgan fingerprint density at radius 3 is 2.35 bits per heavy atom. The van der Waals surface area contributed by atoms with E-state index in [1.807, 2.05) is 32.9 Å². The number of morpholine rings is 1. The Bertz CT molecular complexity index is 1510. The number of rotatable bonds is 18. The molecule has 0 amide bonds. The van der Waals surface area contributed by atoms with Crippen LogP contribution in [0.3, 0.4) is 0 Å². The van der Waals surface area contributed by atoms with Crippen molar-refractivity contribution in [1.82, 2.24) is 19.6 Å². The molecule has 1 saturated heterocycles. The van der Waals surface area contributed by atoms with Crippen LogP contribution in [0.1, 0.15) is 36.7 Å². The van der Waals surface area contributed by atoms with Crippen LogP contribution in [0.15, 0.2) is 40.9 Å². The summed E-state index contributed by atoms with van der Waals surface area (Å²) in [5.74, 6) is 2.52. The van der Waals surface area contributed by atoms with Gasteiger partial charge in [-0.3, -0.25) is 4.90 Å². The molecule has 0 aliphatic carbocycles. The number of hydrogen-bond donors (Lipinski definition) is 0. The third-order valence-corrected chi connectivity index (χ3v) is 8.63. The van der Waals surface area contributed by atoms with Crippen molar-refractivity contribution < 1.29 is 28.2 Å². The summed E-state index contributed by atoms with van der Waals surface area (Å²) in [5.41, 5.74) is 6.22. The van der Waals surface area contributed by atoms with Crippen LogP contribution >= 0.6 is 11.6 Å². The third-order valence-electron chi connectivity index (χ3n) is 8.33. The van der Waals surface area contributed by atoms with Crippen LogP contribution < -0.4 is 4.74 Å². The monoisotopic (exact) mass is 654 g/mol. The summed E-state index contributed by atoms with van der Waals surface area (Å²) < 4.78 is 35.6. The summed E-state index contributed by atoms with van der Waals surface area (Å²) in [6, 6.07) is 12.8. The van der Waals surface area contributed by atoms with E-state index in [4.69, 9.17) is 44.8 Å². The molecule has 1 aliphatic rings. The molecule has 11 heteroatoms. The van der Waals surface area contributed by atoms with E-state index in [9.17, 15) is 0 Å². The standard InChI is InChI=1S/C35H47ClN4O6/c1-5-41-16-17-43-18-19-44-20-21-45-33-10-6-28(22-30(33)36)7-11-34-37-31-23-29(35-26(3)38-46-27(35)4)8-9-32(31)40(34)24-25(2)39-12-14-42-15-13-39/h6,8-10,22-23,25H,5,7,11-21,24H2,1-4H3/t25-/m0/s1. The van der Waals surface area contributed by atoms with Crippen LogP contribution in [-0.2, 0) is 38.3 Å². The van der Waals surface area contributed by atoms with Crippen LogP contribution in [0.4, 0.5) is 0 Å². The van der Waals surface area contributed by atoms with Crippen LogP contribution in [-0.4, -0.2) is 98.2 Å². The molecule has 3 heterocycles. The number of fused-ring (bicyclic) bond motifs is 1. The van der Waals surface area contributed by atoms with E-state index < -0.39 is 0 Å². The third kappa shape index (κ3) is 9.08. The molecule has 0 spiro atoms. The van der Waals surface area contributed by atoms with E-state index in [0.717, 1.165) is 90.7 Å². The highest BCUT2D eigenvalue weighted by molar-refractivity contribution is 6.32. The molecule has 46 heavy (non-hydrogen) atoms. The van der Waals surface area contributed by atoms with Gasteiger partial charge in [-0.25, -0.2) is 4.98 Å². The first-order chi connectivity index (χ1) is 22.4. The van der Waals surface area contributed by atoms with Crippen molar-refractivity contribution in [3.63, 3.8) is 0 Å². The predicted octanol–water partition coefficient (Wildman–Crippen LogP) is 5.92. The van der Waals surface area contributed by atoms with Crippen molar-refractivity contribution in [1.29, 1.82) is 0 Å². The van der Waals surface area contributed by atoms with Gasteiger partial charge in [0.05, 0.1) is 68.0 Å². The maximum absolute atomic E-state index is 6.63. The lowest BCUT2D eigenvalue weighted by molar-refractivity contribution is 0.0114. The highest BCUT2D eigenvalue weighted by atomic mass is 35.5. The highest BCUT2D eigenvalue weighted by Gasteiger charge is 2.21. The topological polar surface area (TPSA) is 93.2 Å². The Balaban J connectivity index is 1.22. The van der Waals surface area contributed by atoms with Crippen molar-refractivity contribution in [2.75, 3.05) is 72.6 Å². The molecular weight excluding hydrogens is 608 g/mol. The zero-order valence-corrected chi connectivity index (χ0v) is 28.3. The second kappa shape index (κ2) is 17.2. The quantitative estimate of drug-likeness (QED) is 0.121. The van der Waals surface area contributed by atoms with E-state index in [0.29, 0.717) is 63.1 Å². The van der Waals surface area contributed by atoms with Crippen molar-refractivity contribution in [2.45, 2.75) is 53.1 Å².